The molecule has 3 rings (SSSR count). The summed E-state index contributed by atoms with van der Waals surface area (Å²) in [5.74, 6) is 1.36. The first kappa shape index (κ1) is 15.7. The molecular weight excluding hydrogens is 298 g/mol. The molecule has 8 heteroatoms. The first-order valence-electron chi connectivity index (χ1n) is 7.84. The predicted octanol–water partition coefficient (Wildman–Crippen LogP) is 1.45. The van der Waals surface area contributed by atoms with Crippen molar-refractivity contribution in [3.05, 3.63) is 29.7 Å². The molecule has 8 nitrogen and oxygen atoms in total. The number of aromatic amines is 1. The van der Waals surface area contributed by atoms with E-state index in [1.165, 1.54) is 0 Å². The Bertz CT molecular complexity index is 637. The van der Waals surface area contributed by atoms with E-state index < -0.39 is 0 Å². The molecule has 2 aromatic rings. The highest BCUT2D eigenvalue weighted by molar-refractivity contribution is 5.77. The smallest absolute Gasteiger partial charge is 0.223 e. The van der Waals surface area contributed by atoms with Crippen LogP contribution in [0.15, 0.2) is 16.7 Å². The van der Waals surface area contributed by atoms with E-state index in [1.54, 1.807) is 6.20 Å². The molecule has 0 spiro atoms. The van der Waals surface area contributed by atoms with Crippen molar-refractivity contribution in [2.24, 2.45) is 0 Å². The molecule has 0 saturated carbocycles. The van der Waals surface area contributed by atoms with Crippen LogP contribution in [0.25, 0.3) is 0 Å². The van der Waals surface area contributed by atoms with Gasteiger partial charge in [-0.1, -0.05) is 13.8 Å². The number of hydrogen-bond acceptors (Lipinski definition) is 6. The third-order valence-corrected chi connectivity index (χ3v) is 3.86. The molecule has 0 radical (unpaired) electrons. The third-order valence-electron chi connectivity index (χ3n) is 3.86. The van der Waals surface area contributed by atoms with Gasteiger partial charge in [0, 0.05) is 31.5 Å². The van der Waals surface area contributed by atoms with Gasteiger partial charge in [0.2, 0.25) is 17.7 Å². The molecule has 23 heavy (non-hydrogen) atoms. The molecule has 1 saturated heterocycles. The topological polar surface area (TPSA) is 97.1 Å². The first-order chi connectivity index (χ1) is 11.1. The van der Waals surface area contributed by atoms with E-state index in [0.29, 0.717) is 44.4 Å². The van der Waals surface area contributed by atoms with E-state index >= 15 is 0 Å². The van der Waals surface area contributed by atoms with Gasteiger partial charge in [0.1, 0.15) is 0 Å². The van der Waals surface area contributed by atoms with Gasteiger partial charge in [-0.15, -0.1) is 10.2 Å². The Hall–Kier alpha value is -2.22. The largest absolute Gasteiger partial charge is 0.425 e. The Morgan fingerprint density at radius 1 is 1.48 bits per heavy atom. The lowest BCUT2D eigenvalue weighted by molar-refractivity contribution is -0.140. The molecular formula is C15H21N5O3. The second-order valence-electron chi connectivity index (χ2n) is 5.88. The highest BCUT2D eigenvalue weighted by Gasteiger charge is 2.29. The third kappa shape index (κ3) is 3.58. The highest BCUT2D eigenvalue weighted by atomic mass is 16.5. The number of amides is 1. The zero-order chi connectivity index (χ0) is 16.2. The number of aromatic nitrogens is 4. The number of aryl methyl sites for hydroxylation is 1. The number of hydrogen-bond donors (Lipinski definition) is 1. The lowest BCUT2D eigenvalue weighted by atomic mass is 10.1. The minimum absolute atomic E-state index is 0.0530. The molecule has 0 unspecified atom stereocenters. The Labute approximate surface area is 134 Å². The molecule has 1 atom stereocenters. The number of ether oxygens (including phenoxy) is 1. The van der Waals surface area contributed by atoms with Gasteiger partial charge in [-0.25, -0.2) is 0 Å². The summed E-state index contributed by atoms with van der Waals surface area (Å²) in [4.78, 5) is 14.4. The molecule has 1 aliphatic rings. The Morgan fingerprint density at radius 3 is 3.04 bits per heavy atom. The summed E-state index contributed by atoms with van der Waals surface area (Å²) in [5, 5.41) is 14.9. The van der Waals surface area contributed by atoms with Crippen LogP contribution < -0.4 is 0 Å². The zero-order valence-electron chi connectivity index (χ0n) is 13.4. The lowest BCUT2D eigenvalue weighted by Crippen LogP contribution is -2.43. The van der Waals surface area contributed by atoms with Gasteiger partial charge in [-0.2, -0.15) is 5.10 Å². The zero-order valence-corrected chi connectivity index (χ0v) is 13.4. The minimum Gasteiger partial charge on any atom is -0.425 e. The second kappa shape index (κ2) is 6.91. The van der Waals surface area contributed by atoms with Crippen LogP contribution in [0.2, 0.25) is 0 Å². The Balaban J connectivity index is 1.61. The van der Waals surface area contributed by atoms with E-state index in [4.69, 9.17) is 9.15 Å². The Morgan fingerprint density at radius 2 is 2.35 bits per heavy atom. The number of nitrogens with one attached hydrogen (secondary N) is 1. The summed E-state index contributed by atoms with van der Waals surface area (Å²) in [6, 6.07) is 1.75. The van der Waals surface area contributed by atoms with Crippen molar-refractivity contribution in [1.82, 2.24) is 25.3 Å². The summed E-state index contributed by atoms with van der Waals surface area (Å²) < 4.78 is 11.0. The predicted molar refractivity (Wildman–Crippen MR) is 80.6 cm³/mol. The molecule has 1 aliphatic heterocycles. The quantitative estimate of drug-likeness (QED) is 0.896. The molecule has 0 aromatic carbocycles. The maximum absolute atomic E-state index is 12.6. The van der Waals surface area contributed by atoms with Crippen molar-refractivity contribution < 1.29 is 13.9 Å². The Kier molecular flexibility index (Phi) is 4.71. The molecule has 1 fully saturated rings. The normalized spacial score (nSPS) is 18.6. The van der Waals surface area contributed by atoms with Gasteiger partial charge in [0.15, 0.2) is 0 Å². The first-order valence-corrected chi connectivity index (χ1v) is 7.84. The summed E-state index contributed by atoms with van der Waals surface area (Å²) in [6.45, 7) is 5.58. The summed E-state index contributed by atoms with van der Waals surface area (Å²) in [6.07, 6.45) is 2.47. The average molecular weight is 319 g/mol. The molecule has 0 bridgehead atoms. The molecule has 1 N–H and O–H groups in total. The fourth-order valence-corrected chi connectivity index (χ4v) is 2.57. The number of carbonyl (C=O) groups excluding carboxylic acids is 1. The van der Waals surface area contributed by atoms with Crippen LogP contribution in [0.3, 0.4) is 0 Å². The van der Waals surface area contributed by atoms with Gasteiger partial charge in [-0.3, -0.25) is 9.89 Å². The van der Waals surface area contributed by atoms with Crippen molar-refractivity contribution >= 4 is 5.91 Å². The van der Waals surface area contributed by atoms with Gasteiger partial charge in [-0.05, 0) is 6.07 Å². The van der Waals surface area contributed by atoms with Gasteiger partial charge in [0.05, 0.1) is 24.9 Å². The minimum atomic E-state index is -0.118. The number of carbonyl (C=O) groups is 1. The highest BCUT2D eigenvalue weighted by Crippen LogP contribution is 2.23. The van der Waals surface area contributed by atoms with Crippen molar-refractivity contribution in [3.8, 4) is 0 Å². The molecule has 124 valence electrons. The van der Waals surface area contributed by atoms with Crippen LogP contribution in [-0.2, 0) is 16.0 Å². The number of H-pyrrole nitrogens is 1. The van der Waals surface area contributed by atoms with E-state index in [9.17, 15) is 4.79 Å². The number of nitrogens with zero attached hydrogens (tertiary/aromatic N) is 4. The van der Waals surface area contributed by atoms with Crippen LogP contribution in [0.1, 0.15) is 49.7 Å². The molecule has 2 aromatic heterocycles. The van der Waals surface area contributed by atoms with E-state index in [-0.39, 0.29) is 17.9 Å². The van der Waals surface area contributed by atoms with Crippen molar-refractivity contribution in [2.75, 3.05) is 19.8 Å². The van der Waals surface area contributed by atoms with Crippen LogP contribution >= 0.6 is 0 Å². The van der Waals surface area contributed by atoms with E-state index in [2.05, 4.69) is 20.4 Å². The maximum atomic E-state index is 12.6. The van der Waals surface area contributed by atoms with Crippen LogP contribution in [0.5, 0.6) is 0 Å². The fraction of sp³-hybridized carbons (Fsp3) is 0.600. The van der Waals surface area contributed by atoms with Crippen LogP contribution in [0, 0.1) is 0 Å². The SMILES string of the molecule is CC(C)c1nnc(CCC(=O)N2CCOC[C@@H]2c2ccn[nH]2)o1. The summed E-state index contributed by atoms with van der Waals surface area (Å²) >= 11 is 0. The van der Waals surface area contributed by atoms with Crippen molar-refractivity contribution in [2.45, 2.75) is 38.6 Å². The van der Waals surface area contributed by atoms with Crippen molar-refractivity contribution in [3.63, 3.8) is 0 Å². The van der Waals surface area contributed by atoms with Gasteiger partial charge < -0.3 is 14.1 Å². The maximum Gasteiger partial charge on any atom is 0.223 e. The van der Waals surface area contributed by atoms with Gasteiger partial charge in [0.25, 0.3) is 0 Å². The standard InChI is InChI=1S/C15H21N5O3/c1-10(2)15-19-18-13(23-15)3-4-14(21)20-7-8-22-9-12(20)11-5-6-16-17-11/h5-6,10,12H,3-4,7-9H2,1-2H3,(H,16,17)/t12-/m1/s1. The molecule has 0 aliphatic carbocycles. The fourth-order valence-electron chi connectivity index (χ4n) is 2.57. The summed E-state index contributed by atoms with van der Waals surface area (Å²) in [7, 11) is 0. The van der Waals surface area contributed by atoms with Gasteiger partial charge >= 0.3 is 0 Å². The van der Waals surface area contributed by atoms with Crippen LogP contribution in [0.4, 0.5) is 0 Å². The van der Waals surface area contributed by atoms with E-state index in [1.807, 2.05) is 24.8 Å². The number of morpholine rings is 1. The lowest BCUT2D eigenvalue weighted by Gasteiger charge is -2.35. The van der Waals surface area contributed by atoms with E-state index in [0.717, 1.165) is 5.69 Å². The molecule has 3 heterocycles. The second-order valence-corrected chi connectivity index (χ2v) is 5.88. The average Bonchev–Trinajstić information content (AvgIpc) is 3.24. The summed E-state index contributed by atoms with van der Waals surface area (Å²) in [5.41, 5.74) is 0.887. The number of rotatable bonds is 5. The van der Waals surface area contributed by atoms with Crippen LogP contribution in [-0.4, -0.2) is 51.0 Å². The van der Waals surface area contributed by atoms with Crippen molar-refractivity contribution in [1.29, 1.82) is 0 Å². The molecule has 1 amide bonds. The monoisotopic (exact) mass is 319 g/mol.